The molecule has 0 radical (unpaired) electrons. The van der Waals surface area contributed by atoms with Crippen molar-refractivity contribution >= 4 is 29.7 Å². The molecule has 0 unspecified atom stereocenters. The van der Waals surface area contributed by atoms with Crippen molar-refractivity contribution < 1.29 is 14.4 Å². The Balaban J connectivity index is 1.56. The Hall–Kier alpha value is -2.57. The Kier molecular flexibility index (Phi) is 3.63. The summed E-state index contributed by atoms with van der Waals surface area (Å²) in [5, 5.41) is 2.31. The smallest absolute Gasteiger partial charge is 0.277 e. The lowest BCUT2D eigenvalue weighted by atomic mass is 9.92. The predicted octanol–water partition coefficient (Wildman–Crippen LogP) is 1.67. The van der Waals surface area contributed by atoms with E-state index in [1.165, 1.54) is 17.5 Å². The van der Waals surface area contributed by atoms with Gasteiger partial charge in [0.15, 0.2) is 5.92 Å². The summed E-state index contributed by atoms with van der Waals surface area (Å²) in [7, 11) is 0. The Morgan fingerprint density at radius 3 is 2.62 bits per heavy atom. The molecular weight excluding hydrogens is 308 g/mol. The minimum Gasteiger partial charge on any atom is -0.277 e. The van der Waals surface area contributed by atoms with Crippen LogP contribution in [0.25, 0.3) is 0 Å². The zero-order valence-electron chi connectivity index (χ0n) is 13.1. The van der Waals surface area contributed by atoms with Gasteiger partial charge in [0.05, 0.1) is 5.69 Å². The van der Waals surface area contributed by atoms with Gasteiger partial charge in [-0.3, -0.25) is 29.8 Å². The molecule has 7 nitrogen and oxygen atoms in total. The van der Waals surface area contributed by atoms with E-state index < -0.39 is 23.8 Å². The van der Waals surface area contributed by atoms with Crippen molar-refractivity contribution in [2.24, 2.45) is 22.7 Å². The summed E-state index contributed by atoms with van der Waals surface area (Å²) in [6.07, 6.45) is 8.64. The number of aliphatic imine (C=N–C) groups is 1. The van der Waals surface area contributed by atoms with Gasteiger partial charge < -0.3 is 0 Å². The topological polar surface area (TPSA) is 91.7 Å². The lowest BCUT2D eigenvalue weighted by Crippen LogP contribution is -2.62. The summed E-state index contributed by atoms with van der Waals surface area (Å²) < 4.78 is 0. The Labute approximate surface area is 139 Å². The maximum atomic E-state index is 12.8. The largest absolute Gasteiger partial charge is 0.331 e. The van der Waals surface area contributed by atoms with Crippen LogP contribution in [0.3, 0.4) is 0 Å². The van der Waals surface area contributed by atoms with Crippen molar-refractivity contribution in [2.45, 2.75) is 31.7 Å². The summed E-state index contributed by atoms with van der Waals surface area (Å²) in [6, 6.07) is 2.69. The number of hydrogen-bond acceptors (Lipinski definition) is 5. The van der Waals surface area contributed by atoms with E-state index in [-0.39, 0.29) is 6.04 Å². The maximum Gasteiger partial charge on any atom is 0.331 e. The summed E-state index contributed by atoms with van der Waals surface area (Å²) >= 11 is 0. The molecule has 2 saturated carbocycles. The Morgan fingerprint density at radius 1 is 1.17 bits per heavy atom. The molecule has 2 aliphatic carbocycles. The third-order valence-electron chi connectivity index (χ3n) is 5.30. The molecule has 4 rings (SSSR count). The van der Waals surface area contributed by atoms with Crippen LogP contribution in [0.5, 0.6) is 0 Å². The molecule has 1 N–H and O–H groups in total. The number of pyridine rings is 1. The number of fused-ring (bicyclic) bond motifs is 2. The quantitative estimate of drug-likeness (QED) is 0.675. The van der Waals surface area contributed by atoms with Crippen LogP contribution in [0.15, 0.2) is 29.5 Å². The number of nitrogens with one attached hydrogen (secondary N) is 1. The molecule has 2 bridgehead atoms. The van der Waals surface area contributed by atoms with Crippen LogP contribution in [0, 0.1) is 17.8 Å². The Morgan fingerprint density at radius 2 is 1.96 bits per heavy atom. The van der Waals surface area contributed by atoms with E-state index >= 15 is 0 Å². The standard InChI is InChI=1S/C17H18N4O3/c22-15-13(9-19-12-3-5-18-6-4-12)16(23)21(17(24)20-15)14-8-10-1-2-11(14)7-10/h3-6,9-11,13-14H,1-2,7-8H2,(H,20,22,24)/t10-,11-,13+,14-/m0/s1. The number of carbonyl (C=O) groups excluding carboxylic acids is 3. The first-order chi connectivity index (χ1) is 11.6. The first kappa shape index (κ1) is 15.0. The fraction of sp³-hybridized carbons (Fsp3) is 0.471. The average Bonchev–Trinajstić information content (AvgIpc) is 3.18. The molecule has 4 atom stereocenters. The average molecular weight is 326 g/mol. The highest BCUT2D eigenvalue weighted by molar-refractivity contribution is 6.23. The van der Waals surface area contributed by atoms with Crippen molar-refractivity contribution in [1.82, 2.24) is 15.2 Å². The minimum absolute atomic E-state index is 0.0822. The molecule has 124 valence electrons. The molecule has 1 aromatic rings. The number of urea groups is 1. The molecule has 0 aromatic carbocycles. The van der Waals surface area contributed by atoms with Crippen molar-refractivity contribution in [3.05, 3.63) is 24.5 Å². The first-order valence-corrected chi connectivity index (χ1v) is 8.25. The van der Waals surface area contributed by atoms with Gasteiger partial charge in [-0.2, -0.15) is 0 Å². The summed E-state index contributed by atoms with van der Waals surface area (Å²) in [5.41, 5.74) is 0.606. The number of amides is 4. The van der Waals surface area contributed by atoms with Gasteiger partial charge in [0.1, 0.15) is 0 Å². The summed E-state index contributed by atoms with van der Waals surface area (Å²) in [5.74, 6) is -1.16. The highest BCUT2D eigenvalue weighted by Crippen LogP contribution is 2.47. The van der Waals surface area contributed by atoms with Gasteiger partial charge in [0.2, 0.25) is 11.8 Å². The van der Waals surface area contributed by atoms with Crippen LogP contribution in [0.4, 0.5) is 10.5 Å². The molecule has 2 heterocycles. The molecule has 7 heteroatoms. The van der Waals surface area contributed by atoms with Gasteiger partial charge in [-0.05, 0) is 43.2 Å². The van der Waals surface area contributed by atoms with Gasteiger partial charge in [-0.1, -0.05) is 6.42 Å². The van der Waals surface area contributed by atoms with Gasteiger partial charge >= 0.3 is 6.03 Å². The minimum atomic E-state index is -1.06. The molecule has 4 amide bonds. The second-order valence-corrected chi connectivity index (χ2v) is 6.71. The second-order valence-electron chi connectivity index (χ2n) is 6.71. The highest BCUT2D eigenvalue weighted by atomic mass is 16.2. The molecule has 24 heavy (non-hydrogen) atoms. The number of barbiturate groups is 1. The van der Waals surface area contributed by atoms with Gasteiger partial charge in [0, 0.05) is 24.7 Å². The lowest BCUT2D eigenvalue weighted by Gasteiger charge is -2.36. The van der Waals surface area contributed by atoms with E-state index in [1.807, 2.05) is 0 Å². The number of aromatic nitrogens is 1. The molecule has 3 fully saturated rings. The normalized spacial score (nSPS) is 32.7. The number of imide groups is 2. The third kappa shape index (κ3) is 2.50. The number of hydrogen-bond donors (Lipinski definition) is 1. The third-order valence-corrected chi connectivity index (χ3v) is 5.30. The first-order valence-electron chi connectivity index (χ1n) is 8.25. The molecular formula is C17H18N4O3. The van der Waals surface area contributed by atoms with E-state index in [0.717, 1.165) is 19.3 Å². The van der Waals surface area contributed by atoms with Gasteiger partial charge in [-0.15, -0.1) is 0 Å². The molecule has 3 aliphatic rings. The molecule has 1 aliphatic heterocycles. The van der Waals surface area contributed by atoms with Gasteiger partial charge in [0.25, 0.3) is 0 Å². The van der Waals surface area contributed by atoms with Crippen LogP contribution < -0.4 is 5.32 Å². The van der Waals surface area contributed by atoms with Gasteiger partial charge in [-0.25, -0.2) is 4.79 Å². The van der Waals surface area contributed by atoms with E-state index in [1.54, 1.807) is 24.5 Å². The fourth-order valence-corrected chi connectivity index (χ4v) is 4.17. The van der Waals surface area contributed by atoms with Crippen LogP contribution >= 0.6 is 0 Å². The van der Waals surface area contributed by atoms with Crippen LogP contribution in [-0.2, 0) is 9.59 Å². The molecule has 1 saturated heterocycles. The van der Waals surface area contributed by atoms with Crippen molar-refractivity contribution in [2.75, 3.05) is 0 Å². The molecule has 0 spiro atoms. The van der Waals surface area contributed by atoms with E-state index in [2.05, 4.69) is 15.3 Å². The second kappa shape index (κ2) is 5.81. The van der Waals surface area contributed by atoms with E-state index in [9.17, 15) is 14.4 Å². The van der Waals surface area contributed by atoms with Crippen molar-refractivity contribution in [3.8, 4) is 0 Å². The van der Waals surface area contributed by atoms with Crippen molar-refractivity contribution in [1.29, 1.82) is 0 Å². The predicted molar refractivity (Wildman–Crippen MR) is 85.5 cm³/mol. The number of nitrogens with zero attached hydrogens (tertiary/aromatic N) is 3. The van der Waals surface area contributed by atoms with Crippen LogP contribution in [0.2, 0.25) is 0 Å². The van der Waals surface area contributed by atoms with E-state index in [4.69, 9.17) is 0 Å². The number of rotatable bonds is 3. The summed E-state index contributed by atoms with van der Waals surface area (Å²) in [6.45, 7) is 0. The van der Waals surface area contributed by atoms with E-state index in [0.29, 0.717) is 17.5 Å². The van der Waals surface area contributed by atoms with Crippen molar-refractivity contribution in [3.63, 3.8) is 0 Å². The molecule has 1 aromatic heterocycles. The SMILES string of the molecule is O=C1NC(=O)N([C@H]2C[C@H]3CC[C@H]2C3)C(=O)[C@@H]1C=Nc1ccncc1. The van der Waals surface area contributed by atoms with Crippen LogP contribution in [0.1, 0.15) is 25.7 Å². The highest BCUT2D eigenvalue weighted by Gasteiger charge is 2.50. The fourth-order valence-electron chi connectivity index (χ4n) is 4.17. The zero-order valence-corrected chi connectivity index (χ0v) is 13.1. The monoisotopic (exact) mass is 326 g/mol. The lowest BCUT2D eigenvalue weighted by molar-refractivity contribution is -0.141. The number of carbonyl (C=O) groups is 3. The zero-order chi connectivity index (χ0) is 16.7. The Bertz CT molecular complexity index is 718. The van der Waals surface area contributed by atoms with Crippen LogP contribution in [-0.4, -0.2) is 40.0 Å². The maximum absolute atomic E-state index is 12.8. The summed E-state index contributed by atoms with van der Waals surface area (Å²) in [4.78, 5) is 46.4.